The van der Waals surface area contributed by atoms with Gasteiger partial charge in [-0.15, -0.1) is 0 Å². The molecule has 112 valence electrons. The fourth-order valence-electron chi connectivity index (χ4n) is 2.88. The van der Waals surface area contributed by atoms with E-state index in [0.717, 1.165) is 29.7 Å². The summed E-state index contributed by atoms with van der Waals surface area (Å²) in [5, 5.41) is 5.39. The molecular weight excluding hydrogens is 278 g/mol. The molecule has 1 aromatic carbocycles. The van der Waals surface area contributed by atoms with Gasteiger partial charge in [0.2, 0.25) is 0 Å². The second-order valence-electron chi connectivity index (χ2n) is 5.64. The number of fused-ring (bicyclic) bond motifs is 1. The predicted molar refractivity (Wildman–Crippen MR) is 93.1 cm³/mol. The molecule has 21 heavy (non-hydrogen) atoms. The highest BCUT2D eigenvalue weighted by atomic mass is 32.2. The van der Waals surface area contributed by atoms with Crippen molar-refractivity contribution in [2.24, 2.45) is 0 Å². The molecule has 1 aliphatic rings. The second-order valence-corrected chi connectivity index (χ2v) is 7.18. The van der Waals surface area contributed by atoms with Gasteiger partial charge in [0.25, 0.3) is 0 Å². The summed E-state index contributed by atoms with van der Waals surface area (Å²) < 4.78 is 0. The van der Waals surface area contributed by atoms with Gasteiger partial charge in [-0.3, -0.25) is 4.90 Å². The number of benzene rings is 1. The fourth-order valence-corrected chi connectivity index (χ4v) is 3.96. The van der Waals surface area contributed by atoms with E-state index < -0.39 is 0 Å². The van der Waals surface area contributed by atoms with Gasteiger partial charge in [-0.25, -0.2) is 4.98 Å². The topological polar surface area (TPSA) is 28.2 Å². The Kier molecular flexibility index (Phi) is 4.66. The number of thioether (sulfide) groups is 1. The third kappa shape index (κ3) is 3.50. The van der Waals surface area contributed by atoms with Gasteiger partial charge in [0.1, 0.15) is 5.82 Å². The van der Waals surface area contributed by atoms with Crippen molar-refractivity contribution in [1.82, 2.24) is 9.88 Å². The van der Waals surface area contributed by atoms with Crippen molar-refractivity contribution < 1.29 is 0 Å². The van der Waals surface area contributed by atoms with E-state index in [9.17, 15) is 0 Å². The molecule has 1 fully saturated rings. The summed E-state index contributed by atoms with van der Waals surface area (Å²) in [6.45, 7) is 8.69. The first-order valence-electron chi connectivity index (χ1n) is 7.72. The molecule has 1 N–H and O–H groups in total. The maximum Gasteiger partial charge on any atom is 0.131 e. The van der Waals surface area contributed by atoms with Gasteiger partial charge >= 0.3 is 0 Å². The Bertz CT molecular complexity index is 614. The zero-order valence-corrected chi connectivity index (χ0v) is 13.6. The molecule has 1 aromatic heterocycles. The summed E-state index contributed by atoms with van der Waals surface area (Å²) in [5.41, 5.74) is 2.38. The smallest absolute Gasteiger partial charge is 0.131 e. The molecule has 0 saturated carbocycles. The van der Waals surface area contributed by atoms with Crippen LogP contribution in [-0.4, -0.2) is 40.5 Å². The molecule has 1 saturated heterocycles. The molecular formula is C17H23N3S. The number of pyridine rings is 1. The first-order chi connectivity index (χ1) is 10.3. The van der Waals surface area contributed by atoms with Crippen molar-refractivity contribution >= 4 is 28.5 Å². The van der Waals surface area contributed by atoms with Gasteiger partial charge < -0.3 is 5.32 Å². The van der Waals surface area contributed by atoms with Crippen LogP contribution in [0.15, 0.2) is 30.3 Å². The second kappa shape index (κ2) is 6.67. The molecule has 0 bridgehead atoms. The number of nitrogens with zero attached hydrogens (tertiary/aromatic N) is 2. The molecule has 3 rings (SSSR count). The molecule has 2 aromatic rings. The minimum atomic E-state index is 0.731. The lowest BCUT2D eigenvalue weighted by Crippen LogP contribution is -2.36. The summed E-state index contributed by atoms with van der Waals surface area (Å²) in [7, 11) is 0. The Morgan fingerprint density at radius 3 is 3.05 bits per heavy atom. The standard InChI is InChI=1S/C17H23N3S/c1-3-18-17-15(12-20-8-9-21-13(2)11-20)10-14-6-4-5-7-16(14)19-17/h4-7,10,13H,3,8-9,11-12H2,1-2H3,(H,18,19). The largest absolute Gasteiger partial charge is 0.370 e. The van der Waals surface area contributed by atoms with Gasteiger partial charge in [0.15, 0.2) is 0 Å². The zero-order valence-electron chi connectivity index (χ0n) is 12.8. The molecule has 0 spiro atoms. The van der Waals surface area contributed by atoms with Crippen molar-refractivity contribution in [2.45, 2.75) is 25.6 Å². The van der Waals surface area contributed by atoms with Crippen LogP contribution in [-0.2, 0) is 6.54 Å². The van der Waals surface area contributed by atoms with Crippen molar-refractivity contribution in [3.8, 4) is 0 Å². The highest BCUT2D eigenvalue weighted by Crippen LogP contribution is 2.24. The molecule has 4 heteroatoms. The quantitative estimate of drug-likeness (QED) is 0.934. The van der Waals surface area contributed by atoms with Crippen molar-refractivity contribution in [2.75, 3.05) is 30.7 Å². The van der Waals surface area contributed by atoms with Crippen LogP contribution < -0.4 is 5.32 Å². The molecule has 1 unspecified atom stereocenters. The number of anilines is 1. The van der Waals surface area contributed by atoms with E-state index >= 15 is 0 Å². The zero-order chi connectivity index (χ0) is 14.7. The Morgan fingerprint density at radius 1 is 1.38 bits per heavy atom. The monoisotopic (exact) mass is 301 g/mol. The Balaban J connectivity index is 1.89. The predicted octanol–water partition coefficient (Wildman–Crippen LogP) is 3.60. The van der Waals surface area contributed by atoms with E-state index in [2.05, 4.69) is 60.1 Å². The minimum absolute atomic E-state index is 0.731. The Hall–Kier alpha value is -1.26. The average molecular weight is 301 g/mol. The summed E-state index contributed by atoms with van der Waals surface area (Å²) in [6.07, 6.45) is 0. The summed E-state index contributed by atoms with van der Waals surface area (Å²) in [5.74, 6) is 2.28. The number of para-hydroxylation sites is 1. The molecule has 1 atom stereocenters. The van der Waals surface area contributed by atoms with Crippen LogP contribution in [0, 0.1) is 0 Å². The number of hydrogen-bond donors (Lipinski definition) is 1. The van der Waals surface area contributed by atoms with E-state index in [0.29, 0.717) is 0 Å². The Morgan fingerprint density at radius 2 is 2.24 bits per heavy atom. The highest BCUT2D eigenvalue weighted by Gasteiger charge is 2.18. The lowest BCUT2D eigenvalue weighted by Gasteiger charge is -2.31. The van der Waals surface area contributed by atoms with E-state index in [-0.39, 0.29) is 0 Å². The first-order valence-corrected chi connectivity index (χ1v) is 8.77. The Labute approximate surface area is 131 Å². The maximum absolute atomic E-state index is 4.81. The SMILES string of the molecule is CCNc1nc2ccccc2cc1CN1CCSC(C)C1. The van der Waals surface area contributed by atoms with E-state index in [4.69, 9.17) is 4.98 Å². The summed E-state index contributed by atoms with van der Waals surface area (Å²) >= 11 is 2.08. The molecule has 1 aliphatic heterocycles. The van der Waals surface area contributed by atoms with Gasteiger partial charge in [-0.05, 0) is 19.1 Å². The lowest BCUT2D eigenvalue weighted by molar-refractivity contribution is 0.279. The minimum Gasteiger partial charge on any atom is -0.370 e. The van der Waals surface area contributed by atoms with Gasteiger partial charge in [-0.2, -0.15) is 11.8 Å². The molecule has 0 amide bonds. The number of rotatable bonds is 4. The van der Waals surface area contributed by atoms with E-state index in [1.165, 1.54) is 29.8 Å². The molecule has 3 nitrogen and oxygen atoms in total. The van der Waals surface area contributed by atoms with Crippen LogP contribution >= 0.6 is 11.8 Å². The van der Waals surface area contributed by atoms with Crippen molar-refractivity contribution in [3.63, 3.8) is 0 Å². The van der Waals surface area contributed by atoms with Crippen LogP contribution in [0.4, 0.5) is 5.82 Å². The van der Waals surface area contributed by atoms with Gasteiger partial charge in [-0.1, -0.05) is 25.1 Å². The number of nitrogens with one attached hydrogen (secondary N) is 1. The average Bonchev–Trinajstić information content (AvgIpc) is 2.48. The van der Waals surface area contributed by atoms with Crippen LogP contribution in [0.5, 0.6) is 0 Å². The van der Waals surface area contributed by atoms with Gasteiger partial charge in [0.05, 0.1) is 5.52 Å². The van der Waals surface area contributed by atoms with Crippen LogP contribution in [0.3, 0.4) is 0 Å². The summed E-state index contributed by atoms with van der Waals surface area (Å²) in [6, 6.07) is 10.7. The fraction of sp³-hybridized carbons (Fsp3) is 0.471. The molecule has 0 radical (unpaired) electrons. The van der Waals surface area contributed by atoms with Crippen molar-refractivity contribution in [3.05, 3.63) is 35.9 Å². The van der Waals surface area contributed by atoms with Crippen LogP contribution in [0.2, 0.25) is 0 Å². The molecule has 2 heterocycles. The van der Waals surface area contributed by atoms with Crippen LogP contribution in [0.25, 0.3) is 10.9 Å². The first kappa shape index (κ1) is 14.7. The third-order valence-electron chi connectivity index (χ3n) is 3.87. The van der Waals surface area contributed by atoms with Crippen molar-refractivity contribution in [1.29, 1.82) is 0 Å². The van der Waals surface area contributed by atoms with Gasteiger partial charge in [0, 0.05) is 48.1 Å². The van der Waals surface area contributed by atoms with E-state index in [1.54, 1.807) is 0 Å². The number of aromatic nitrogens is 1. The third-order valence-corrected chi connectivity index (χ3v) is 5.00. The molecule has 0 aliphatic carbocycles. The summed E-state index contributed by atoms with van der Waals surface area (Å²) in [4.78, 5) is 7.36. The lowest BCUT2D eigenvalue weighted by atomic mass is 10.1. The normalized spacial score (nSPS) is 19.8. The van der Waals surface area contributed by atoms with E-state index in [1.807, 2.05) is 6.07 Å². The number of hydrogen-bond acceptors (Lipinski definition) is 4. The maximum atomic E-state index is 4.81. The van der Waals surface area contributed by atoms with Crippen LogP contribution in [0.1, 0.15) is 19.4 Å². The highest BCUT2D eigenvalue weighted by molar-refractivity contribution is 7.99.